The van der Waals surface area contributed by atoms with E-state index in [1.54, 1.807) is 24.2 Å². The predicted molar refractivity (Wildman–Crippen MR) is 126 cm³/mol. The molecular weight excluding hydrogens is 414 g/mol. The number of aromatic nitrogens is 4. The van der Waals surface area contributed by atoms with Crippen LogP contribution in [0, 0.1) is 0 Å². The van der Waals surface area contributed by atoms with E-state index in [-0.39, 0.29) is 5.91 Å². The van der Waals surface area contributed by atoms with Crippen LogP contribution in [0.2, 0.25) is 0 Å². The number of hydrogen-bond acceptors (Lipinski definition) is 5. The van der Waals surface area contributed by atoms with E-state index >= 15 is 0 Å². The van der Waals surface area contributed by atoms with Crippen molar-refractivity contribution >= 4 is 16.8 Å². The normalized spacial score (nSPS) is 10.8. The van der Waals surface area contributed by atoms with Crippen LogP contribution in [0.25, 0.3) is 27.8 Å². The topological polar surface area (TPSA) is 81.9 Å². The average molecular weight is 435 g/mol. The molecule has 0 bridgehead atoms. The summed E-state index contributed by atoms with van der Waals surface area (Å²) in [7, 11) is 1.63. The second kappa shape index (κ2) is 8.92. The molecule has 5 rings (SSSR count). The summed E-state index contributed by atoms with van der Waals surface area (Å²) in [5, 5.41) is 8.36. The van der Waals surface area contributed by atoms with Crippen molar-refractivity contribution in [2.24, 2.45) is 0 Å². The maximum absolute atomic E-state index is 13.2. The number of nitrogens with one attached hydrogen (secondary N) is 1. The third-order valence-electron chi connectivity index (χ3n) is 5.33. The van der Waals surface area contributed by atoms with Gasteiger partial charge < -0.3 is 10.1 Å². The number of hydrogen-bond donors (Lipinski definition) is 1. The van der Waals surface area contributed by atoms with Crippen molar-refractivity contribution in [1.82, 2.24) is 25.1 Å². The van der Waals surface area contributed by atoms with E-state index in [2.05, 4.69) is 15.4 Å². The van der Waals surface area contributed by atoms with Crippen LogP contribution in [0.5, 0.6) is 5.75 Å². The van der Waals surface area contributed by atoms with E-state index in [1.807, 2.05) is 79.0 Å². The van der Waals surface area contributed by atoms with Crippen molar-refractivity contribution in [3.8, 4) is 22.7 Å². The highest BCUT2D eigenvalue weighted by atomic mass is 16.5. The van der Waals surface area contributed by atoms with Gasteiger partial charge in [-0.15, -0.1) is 0 Å². The fourth-order valence-electron chi connectivity index (χ4n) is 3.63. The van der Waals surface area contributed by atoms with Crippen molar-refractivity contribution in [3.63, 3.8) is 0 Å². The molecular formula is C26H21N5O2. The molecule has 1 N–H and O–H groups in total. The second-order valence-electron chi connectivity index (χ2n) is 7.45. The van der Waals surface area contributed by atoms with Crippen molar-refractivity contribution < 1.29 is 9.53 Å². The maximum Gasteiger partial charge on any atom is 0.252 e. The molecule has 0 aliphatic rings. The first-order valence-electron chi connectivity index (χ1n) is 10.5. The Balaban J connectivity index is 1.38. The number of benzene rings is 2. The monoisotopic (exact) mass is 435 g/mol. The molecule has 0 radical (unpaired) electrons. The lowest BCUT2D eigenvalue weighted by molar-refractivity contribution is 0.0952. The molecule has 0 spiro atoms. The van der Waals surface area contributed by atoms with Crippen LogP contribution in [-0.2, 0) is 6.54 Å². The van der Waals surface area contributed by atoms with Crippen molar-refractivity contribution in [3.05, 3.63) is 103 Å². The number of rotatable bonds is 6. The Hall–Kier alpha value is -4.52. The van der Waals surface area contributed by atoms with E-state index in [1.165, 1.54) is 0 Å². The lowest BCUT2D eigenvalue weighted by Crippen LogP contribution is -2.23. The summed E-state index contributed by atoms with van der Waals surface area (Å²) in [6.07, 6.45) is 5.32. The Kier molecular flexibility index (Phi) is 5.51. The molecule has 5 aromatic rings. The summed E-state index contributed by atoms with van der Waals surface area (Å²) in [5.41, 5.74) is 4.55. The van der Waals surface area contributed by atoms with Gasteiger partial charge in [0.1, 0.15) is 5.75 Å². The highest BCUT2D eigenvalue weighted by molar-refractivity contribution is 6.07. The highest BCUT2D eigenvalue weighted by Gasteiger charge is 2.14. The van der Waals surface area contributed by atoms with Gasteiger partial charge in [-0.1, -0.05) is 18.2 Å². The van der Waals surface area contributed by atoms with Crippen LogP contribution in [0.3, 0.4) is 0 Å². The van der Waals surface area contributed by atoms with Gasteiger partial charge in [-0.25, -0.2) is 9.67 Å². The highest BCUT2D eigenvalue weighted by Crippen LogP contribution is 2.24. The maximum atomic E-state index is 13.2. The molecule has 162 valence electrons. The van der Waals surface area contributed by atoms with E-state index in [4.69, 9.17) is 9.72 Å². The minimum absolute atomic E-state index is 0.183. The Morgan fingerprint density at radius 2 is 1.88 bits per heavy atom. The van der Waals surface area contributed by atoms with Crippen molar-refractivity contribution in [1.29, 1.82) is 0 Å². The van der Waals surface area contributed by atoms with Crippen molar-refractivity contribution in [2.75, 3.05) is 7.11 Å². The van der Waals surface area contributed by atoms with Gasteiger partial charge in [0, 0.05) is 29.5 Å². The molecule has 1 amide bonds. The molecule has 0 saturated carbocycles. The first-order valence-corrected chi connectivity index (χ1v) is 10.5. The number of amides is 1. The number of para-hydroxylation sites is 1. The van der Waals surface area contributed by atoms with Crippen LogP contribution in [0.1, 0.15) is 16.1 Å². The second-order valence-corrected chi connectivity index (χ2v) is 7.45. The SMILES string of the molecule is COc1ccc(-n2ccc(CNC(=O)c3cc(-c4cccnc4)nc4ccccc34)n2)cc1. The Morgan fingerprint density at radius 1 is 1.03 bits per heavy atom. The first-order chi connectivity index (χ1) is 16.2. The Labute approximate surface area is 190 Å². The minimum Gasteiger partial charge on any atom is -0.497 e. The summed E-state index contributed by atoms with van der Waals surface area (Å²) in [6, 6.07) is 22.7. The van der Waals surface area contributed by atoms with Gasteiger partial charge in [0.25, 0.3) is 5.91 Å². The predicted octanol–water partition coefficient (Wildman–Crippen LogP) is 4.42. The summed E-state index contributed by atoms with van der Waals surface area (Å²) >= 11 is 0. The van der Waals surface area contributed by atoms with Gasteiger partial charge in [-0.2, -0.15) is 5.10 Å². The van der Waals surface area contributed by atoms with E-state index in [0.717, 1.165) is 33.6 Å². The molecule has 0 unspecified atom stereocenters. The molecule has 0 atom stereocenters. The van der Waals surface area contributed by atoms with Gasteiger partial charge in [0.05, 0.1) is 41.8 Å². The van der Waals surface area contributed by atoms with Gasteiger partial charge in [0.15, 0.2) is 0 Å². The van der Waals surface area contributed by atoms with Crippen LogP contribution >= 0.6 is 0 Å². The Morgan fingerprint density at radius 3 is 2.67 bits per heavy atom. The number of methoxy groups -OCH3 is 1. The lowest BCUT2D eigenvalue weighted by Gasteiger charge is -2.10. The summed E-state index contributed by atoms with van der Waals surface area (Å²) < 4.78 is 6.97. The van der Waals surface area contributed by atoms with Crippen LogP contribution in [0.15, 0.2) is 91.4 Å². The molecule has 7 nitrogen and oxygen atoms in total. The largest absolute Gasteiger partial charge is 0.497 e. The molecule has 0 aliphatic heterocycles. The summed E-state index contributed by atoms with van der Waals surface area (Å²) in [6.45, 7) is 0.306. The number of ether oxygens (including phenoxy) is 1. The number of pyridine rings is 2. The quantitative estimate of drug-likeness (QED) is 0.427. The molecule has 7 heteroatoms. The van der Waals surface area contributed by atoms with Crippen LogP contribution in [0.4, 0.5) is 0 Å². The van der Waals surface area contributed by atoms with E-state index in [9.17, 15) is 4.79 Å². The van der Waals surface area contributed by atoms with Crippen molar-refractivity contribution in [2.45, 2.75) is 6.54 Å². The molecule has 0 fully saturated rings. The standard InChI is InChI=1S/C26H21N5O2/c1-33-21-10-8-20(9-11-21)31-14-12-19(30-31)17-28-26(32)23-15-25(18-5-4-13-27-16-18)29-24-7-3-2-6-22(23)24/h2-16H,17H2,1H3,(H,28,32). The molecule has 3 aromatic heterocycles. The average Bonchev–Trinajstić information content (AvgIpc) is 3.36. The van der Waals surface area contributed by atoms with Crippen LogP contribution < -0.4 is 10.1 Å². The third kappa shape index (κ3) is 4.29. The zero-order valence-corrected chi connectivity index (χ0v) is 18.0. The zero-order valence-electron chi connectivity index (χ0n) is 18.0. The molecule has 0 aliphatic carbocycles. The Bertz CT molecular complexity index is 1410. The molecule has 2 aromatic carbocycles. The summed E-state index contributed by atoms with van der Waals surface area (Å²) in [5.74, 6) is 0.603. The lowest BCUT2D eigenvalue weighted by atomic mass is 10.0. The molecule has 0 saturated heterocycles. The van der Waals surface area contributed by atoms with Gasteiger partial charge in [-0.3, -0.25) is 9.78 Å². The van der Waals surface area contributed by atoms with Gasteiger partial charge in [0.2, 0.25) is 0 Å². The van der Waals surface area contributed by atoms with Crippen LogP contribution in [-0.4, -0.2) is 32.8 Å². The number of fused-ring (bicyclic) bond motifs is 1. The summed E-state index contributed by atoms with van der Waals surface area (Å²) in [4.78, 5) is 22.0. The molecule has 3 heterocycles. The van der Waals surface area contributed by atoms with Gasteiger partial charge >= 0.3 is 0 Å². The molecule has 33 heavy (non-hydrogen) atoms. The first kappa shape index (κ1) is 20.4. The van der Waals surface area contributed by atoms with Gasteiger partial charge in [-0.05, 0) is 54.6 Å². The number of nitrogens with zero attached hydrogens (tertiary/aromatic N) is 4. The zero-order chi connectivity index (χ0) is 22.6. The smallest absolute Gasteiger partial charge is 0.252 e. The fourth-order valence-corrected chi connectivity index (χ4v) is 3.63. The minimum atomic E-state index is -0.183. The number of carbonyl (C=O) groups excluding carboxylic acids is 1. The third-order valence-corrected chi connectivity index (χ3v) is 5.33. The fraction of sp³-hybridized carbons (Fsp3) is 0.0769. The van der Waals surface area contributed by atoms with E-state index < -0.39 is 0 Å². The van der Waals surface area contributed by atoms with E-state index in [0.29, 0.717) is 17.8 Å². The number of carbonyl (C=O) groups is 1.